The van der Waals surface area contributed by atoms with E-state index >= 15 is 0 Å². The largest absolute Gasteiger partial charge is 0.366 e. The van der Waals surface area contributed by atoms with E-state index in [0.717, 1.165) is 36.4 Å². The first-order chi connectivity index (χ1) is 12.5. The molecular formula is C20H23N3O2S. The number of carbonyl (C=O) groups is 2. The van der Waals surface area contributed by atoms with Gasteiger partial charge in [-0.05, 0) is 57.0 Å². The first kappa shape index (κ1) is 17.2. The predicted octanol–water partition coefficient (Wildman–Crippen LogP) is 2.73. The van der Waals surface area contributed by atoms with Gasteiger partial charge in [0.05, 0.1) is 4.88 Å². The molecule has 3 aliphatic heterocycles. The van der Waals surface area contributed by atoms with Gasteiger partial charge in [0.15, 0.2) is 0 Å². The highest BCUT2D eigenvalue weighted by atomic mass is 32.1. The van der Waals surface area contributed by atoms with Crippen LogP contribution in [0.3, 0.4) is 0 Å². The summed E-state index contributed by atoms with van der Waals surface area (Å²) in [6, 6.07) is 11.6. The number of amides is 2. The summed E-state index contributed by atoms with van der Waals surface area (Å²) in [7, 11) is 0. The van der Waals surface area contributed by atoms with Crippen molar-refractivity contribution in [2.75, 3.05) is 13.1 Å². The van der Waals surface area contributed by atoms with Gasteiger partial charge in [0.25, 0.3) is 5.91 Å². The molecule has 0 aliphatic carbocycles. The molecule has 26 heavy (non-hydrogen) atoms. The molecule has 2 atom stereocenters. The third-order valence-corrected chi connectivity index (χ3v) is 6.88. The summed E-state index contributed by atoms with van der Waals surface area (Å²) in [5.74, 6) is 0.0958. The Morgan fingerprint density at radius 3 is 2.58 bits per heavy atom. The number of nitrogens with zero attached hydrogens (tertiary/aromatic N) is 1. The van der Waals surface area contributed by atoms with Gasteiger partial charge >= 0.3 is 0 Å². The molecule has 3 saturated heterocycles. The van der Waals surface area contributed by atoms with Crippen molar-refractivity contribution >= 4 is 23.2 Å². The summed E-state index contributed by atoms with van der Waals surface area (Å²) in [6.07, 6.45) is 2.33. The average molecular weight is 369 g/mol. The maximum atomic E-state index is 12.8. The predicted molar refractivity (Wildman–Crippen MR) is 103 cm³/mol. The molecule has 3 aliphatic rings. The van der Waals surface area contributed by atoms with Crippen molar-refractivity contribution in [1.29, 1.82) is 0 Å². The van der Waals surface area contributed by atoms with Crippen LogP contribution >= 0.6 is 11.3 Å². The first-order valence-corrected chi connectivity index (χ1v) is 9.90. The molecule has 5 rings (SSSR count). The summed E-state index contributed by atoms with van der Waals surface area (Å²) in [4.78, 5) is 28.5. The second-order valence-electron chi connectivity index (χ2n) is 7.19. The fraction of sp³-hybridized carbons (Fsp3) is 0.400. The van der Waals surface area contributed by atoms with Gasteiger partial charge in [0, 0.05) is 28.1 Å². The molecule has 3 fully saturated rings. The minimum Gasteiger partial charge on any atom is -0.366 e. The molecule has 6 heteroatoms. The van der Waals surface area contributed by atoms with E-state index < -0.39 is 5.91 Å². The molecule has 2 aromatic rings. The Morgan fingerprint density at radius 2 is 1.88 bits per heavy atom. The van der Waals surface area contributed by atoms with E-state index in [4.69, 9.17) is 5.73 Å². The van der Waals surface area contributed by atoms with Gasteiger partial charge in [0.2, 0.25) is 5.91 Å². The van der Waals surface area contributed by atoms with Crippen LogP contribution in [0.4, 0.5) is 0 Å². The number of thiophene rings is 1. The molecule has 2 amide bonds. The van der Waals surface area contributed by atoms with Crippen LogP contribution in [0.5, 0.6) is 0 Å². The lowest BCUT2D eigenvalue weighted by Gasteiger charge is -2.49. The highest BCUT2D eigenvalue weighted by Crippen LogP contribution is 2.34. The van der Waals surface area contributed by atoms with Crippen LogP contribution in [-0.2, 0) is 0 Å². The Hall–Kier alpha value is -2.18. The highest BCUT2D eigenvalue weighted by Gasteiger charge is 2.40. The minimum absolute atomic E-state index is 0.0246. The van der Waals surface area contributed by atoms with Crippen LogP contribution in [0, 0.1) is 5.92 Å². The van der Waals surface area contributed by atoms with Crippen LogP contribution in [-0.4, -0.2) is 41.9 Å². The second-order valence-corrected chi connectivity index (χ2v) is 8.27. The van der Waals surface area contributed by atoms with Crippen LogP contribution in [0.25, 0.3) is 10.4 Å². The van der Waals surface area contributed by atoms with Crippen LogP contribution < -0.4 is 11.1 Å². The molecule has 0 spiro atoms. The zero-order chi connectivity index (χ0) is 18.3. The molecule has 1 aromatic carbocycles. The van der Waals surface area contributed by atoms with Gasteiger partial charge in [-0.25, -0.2) is 0 Å². The highest BCUT2D eigenvalue weighted by molar-refractivity contribution is 7.17. The van der Waals surface area contributed by atoms with Crippen molar-refractivity contribution in [3.05, 3.63) is 46.8 Å². The SMILES string of the molecule is C[C@H]1[C@H](NC(=O)c2ccc(-c3ccccc3C(N)=O)s2)C2CCN1CC2. The molecule has 5 nitrogen and oxygen atoms in total. The van der Waals surface area contributed by atoms with Crippen LogP contribution in [0.2, 0.25) is 0 Å². The van der Waals surface area contributed by atoms with Crippen molar-refractivity contribution in [2.45, 2.75) is 31.8 Å². The normalized spacial score (nSPS) is 27.3. The molecule has 2 bridgehead atoms. The van der Waals surface area contributed by atoms with Crippen LogP contribution in [0.1, 0.15) is 39.8 Å². The van der Waals surface area contributed by atoms with E-state index in [1.165, 1.54) is 11.3 Å². The summed E-state index contributed by atoms with van der Waals surface area (Å²) in [5.41, 5.74) is 6.73. The Kier molecular flexibility index (Phi) is 4.54. The topological polar surface area (TPSA) is 75.4 Å². The van der Waals surface area contributed by atoms with E-state index in [1.807, 2.05) is 24.3 Å². The number of rotatable bonds is 4. The lowest BCUT2D eigenvalue weighted by molar-refractivity contribution is 0.0218. The summed E-state index contributed by atoms with van der Waals surface area (Å²) in [5, 5.41) is 3.26. The molecule has 3 N–H and O–H groups in total. The van der Waals surface area contributed by atoms with E-state index in [9.17, 15) is 9.59 Å². The van der Waals surface area contributed by atoms with Gasteiger partial charge in [-0.3, -0.25) is 14.5 Å². The van der Waals surface area contributed by atoms with E-state index in [2.05, 4.69) is 17.1 Å². The standard InChI is InChI=1S/C20H23N3O2S/c1-12-18(13-8-10-23(12)11-9-13)22-20(25)17-7-6-16(26-17)14-4-2-3-5-15(14)19(21)24/h2-7,12-13,18H,8-11H2,1H3,(H2,21,24)(H,22,25)/t12-,18-/m0/s1. The lowest BCUT2D eigenvalue weighted by atomic mass is 9.79. The number of hydrogen-bond donors (Lipinski definition) is 2. The molecular weight excluding hydrogens is 346 g/mol. The van der Waals surface area contributed by atoms with Gasteiger partial charge in [0.1, 0.15) is 0 Å². The van der Waals surface area contributed by atoms with Gasteiger partial charge in [-0.15, -0.1) is 11.3 Å². The lowest BCUT2D eigenvalue weighted by Crippen LogP contribution is -2.62. The molecule has 0 unspecified atom stereocenters. The average Bonchev–Trinajstić information content (AvgIpc) is 3.15. The maximum absolute atomic E-state index is 12.8. The van der Waals surface area contributed by atoms with Crippen molar-refractivity contribution < 1.29 is 9.59 Å². The van der Waals surface area contributed by atoms with Crippen molar-refractivity contribution in [3.8, 4) is 10.4 Å². The molecule has 0 radical (unpaired) electrons. The number of piperidine rings is 3. The monoisotopic (exact) mass is 369 g/mol. The third-order valence-electron chi connectivity index (χ3n) is 5.76. The fourth-order valence-corrected chi connectivity index (χ4v) is 5.23. The second kappa shape index (κ2) is 6.85. The van der Waals surface area contributed by atoms with E-state index in [-0.39, 0.29) is 11.9 Å². The Labute approximate surface area is 157 Å². The van der Waals surface area contributed by atoms with E-state index in [0.29, 0.717) is 22.4 Å². The number of hydrogen-bond acceptors (Lipinski definition) is 4. The molecule has 1 aromatic heterocycles. The zero-order valence-corrected chi connectivity index (χ0v) is 15.6. The van der Waals surface area contributed by atoms with Gasteiger partial charge < -0.3 is 11.1 Å². The summed E-state index contributed by atoms with van der Waals surface area (Å²) < 4.78 is 0. The van der Waals surface area contributed by atoms with E-state index in [1.54, 1.807) is 12.1 Å². The number of carbonyl (C=O) groups excluding carboxylic acids is 2. The van der Waals surface area contributed by atoms with Gasteiger partial charge in [-0.1, -0.05) is 18.2 Å². The number of fused-ring (bicyclic) bond motifs is 3. The minimum atomic E-state index is -0.457. The summed E-state index contributed by atoms with van der Waals surface area (Å²) in [6.45, 7) is 4.50. The Balaban J connectivity index is 1.53. The number of nitrogens with two attached hydrogens (primary N) is 1. The Morgan fingerprint density at radius 1 is 1.15 bits per heavy atom. The Bertz CT molecular complexity index is 837. The number of primary amides is 1. The number of benzene rings is 1. The molecule has 136 valence electrons. The molecule has 0 saturated carbocycles. The smallest absolute Gasteiger partial charge is 0.261 e. The quantitative estimate of drug-likeness (QED) is 0.870. The maximum Gasteiger partial charge on any atom is 0.261 e. The first-order valence-electron chi connectivity index (χ1n) is 9.08. The zero-order valence-electron chi connectivity index (χ0n) is 14.8. The number of nitrogens with one attached hydrogen (secondary N) is 1. The van der Waals surface area contributed by atoms with Crippen molar-refractivity contribution in [3.63, 3.8) is 0 Å². The van der Waals surface area contributed by atoms with Crippen molar-refractivity contribution in [2.24, 2.45) is 11.7 Å². The van der Waals surface area contributed by atoms with Crippen LogP contribution in [0.15, 0.2) is 36.4 Å². The fourth-order valence-electron chi connectivity index (χ4n) is 4.29. The third kappa shape index (κ3) is 3.04. The molecule has 4 heterocycles. The summed E-state index contributed by atoms with van der Waals surface area (Å²) >= 11 is 1.40. The van der Waals surface area contributed by atoms with Gasteiger partial charge in [-0.2, -0.15) is 0 Å². The van der Waals surface area contributed by atoms with Crippen molar-refractivity contribution in [1.82, 2.24) is 10.2 Å².